The van der Waals surface area contributed by atoms with Crippen LogP contribution in [0.3, 0.4) is 0 Å². The number of hydrogen-bond donors (Lipinski definition) is 3. The van der Waals surface area contributed by atoms with E-state index in [9.17, 15) is 8.42 Å². The number of nitrogens with two attached hydrogens (primary N) is 1. The predicted octanol–water partition coefficient (Wildman–Crippen LogP) is 0.500. The number of nitrogens with zero attached hydrogens (tertiary/aromatic N) is 1. The molecule has 16 heavy (non-hydrogen) atoms. The number of anilines is 2. The van der Waals surface area contributed by atoms with Crippen LogP contribution in [0.5, 0.6) is 0 Å². The van der Waals surface area contributed by atoms with E-state index in [1.165, 1.54) is 0 Å². The lowest BCUT2D eigenvalue weighted by molar-refractivity contribution is 0.605. The van der Waals surface area contributed by atoms with E-state index >= 15 is 0 Å². The molecule has 0 aromatic heterocycles. The Hall–Kier alpha value is -1.22. The third-order valence-electron chi connectivity index (χ3n) is 2.30. The van der Waals surface area contributed by atoms with Gasteiger partial charge in [0.2, 0.25) is 10.0 Å². The maximum atomic E-state index is 11.3. The summed E-state index contributed by atoms with van der Waals surface area (Å²) in [5, 5.41) is 9.80. The second kappa shape index (κ2) is 3.14. The molecule has 0 radical (unpaired) electrons. The topological polar surface area (TPSA) is 87.5 Å². The van der Waals surface area contributed by atoms with Crippen LogP contribution in [0.4, 0.5) is 11.4 Å². The number of para-hydroxylation sites is 2. The monoisotopic (exact) mass is 256 g/mol. The minimum Gasteiger partial charge on any atom is -0.337 e. The summed E-state index contributed by atoms with van der Waals surface area (Å²) >= 11 is 0.985. The van der Waals surface area contributed by atoms with Crippen LogP contribution in [0, 0.1) is 0 Å². The van der Waals surface area contributed by atoms with Crippen molar-refractivity contribution in [1.82, 2.24) is 4.83 Å². The van der Waals surface area contributed by atoms with E-state index in [4.69, 9.17) is 5.14 Å². The molecule has 0 unspecified atom stereocenters. The fourth-order valence-corrected chi connectivity index (χ4v) is 3.23. The highest BCUT2D eigenvalue weighted by atomic mass is 32.3. The number of primary sulfonamides is 1. The van der Waals surface area contributed by atoms with Crippen LogP contribution in [0.1, 0.15) is 0 Å². The highest BCUT2D eigenvalue weighted by Gasteiger charge is 2.36. The molecule has 2 aliphatic heterocycles. The summed E-state index contributed by atoms with van der Waals surface area (Å²) < 4.78 is 22.7. The third-order valence-corrected chi connectivity index (χ3v) is 4.61. The summed E-state index contributed by atoms with van der Waals surface area (Å²) in [5.74, 6) is 0.466. The van der Waals surface area contributed by atoms with Crippen LogP contribution in [0.25, 0.3) is 0 Å². The van der Waals surface area contributed by atoms with Crippen LogP contribution in [0.15, 0.2) is 34.3 Å². The van der Waals surface area contributed by atoms with E-state index in [0.29, 0.717) is 5.82 Å². The number of benzene rings is 1. The highest BCUT2D eigenvalue weighted by Crippen LogP contribution is 2.42. The fourth-order valence-electron chi connectivity index (χ4n) is 1.64. The fraction of sp³-hybridized carbons (Fsp3) is 0. The average molecular weight is 256 g/mol. The van der Waals surface area contributed by atoms with Crippen molar-refractivity contribution < 1.29 is 8.42 Å². The van der Waals surface area contributed by atoms with E-state index in [-0.39, 0.29) is 4.24 Å². The first-order chi connectivity index (χ1) is 7.57. The van der Waals surface area contributed by atoms with E-state index in [0.717, 1.165) is 23.3 Å². The molecular weight excluding hydrogens is 248 g/mol. The average Bonchev–Trinajstić information content (AvgIpc) is 2.73. The van der Waals surface area contributed by atoms with Crippen LogP contribution in [-0.4, -0.2) is 8.42 Å². The van der Waals surface area contributed by atoms with Gasteiger partial charge >= 0.3 is 0 Å². The van der Waals surface area contributed by atoms with Gasteiger partial charge in [0.05, 0.1) is 11.4 Å². The van der Waals surface area contributed by atoms with Crippen LogP contribution in [0.2, 0.25) is 0 Å². The lowest BCUT2D eigenvalue weighted by Gasteiger charge is -2.11. The molecule has 0 saturated heterocycles. The molecule has 1 aromatic rings. The van der Waals surface area contributed by atoms with Crippen molar-refractivity contribution in [3.63, 3.8) is 0 Å². The quantitative estimate of drug-likeness (QED) is 0.634. The number of sulfonamides is 1. The van der Waals surface area contributed by atoms with Gasteiger partial charge in [0.1, 0.15) is 0 Å². The molecular formula is C8H8N4O2S2. The Kier molecular flexibility index (Phi) is 1.96. The summed E-state index contributed by atoms with van der Waals surface area (Å²) in [4.78, 5) is 2.89. The SMILES string of the molecule is NS(=O)(=O)C1=C2Nc3ccccc3N2NS1. The summed E-state index contributed by atoms with van der Waals surface area (Å²) in [6.45, 7) is 0. The normalized spacial score (nSPS) is 18.4. The molecule has 0 bridgehead atoms. The van der Waals surface area contributed by atoms with Crippen molar-refractivity contribution in [2.24, 2.45) is 5.14 Å². The molecule has 0 spiro atoms. The second-order valence-corrected chi connectivity index (χ2v) is 5.90. The standard InChI is InChI=1S/C8H8N4O2S2/c9-16(13,14)8-7-10-5-3-1-2-4-6(5)12(7)11-15-8/h1-4,10-11H,(H2,9,13,14). The van der Waals surface area contributed by atoms with Crippen molar-refractivity contribution in [2.45, 2.75) is 0 Å². The van der Waals surface area contributed by atoms with Crippen molar-refractivity contribution in [3.8, 4) is 0 Å². The summed E-state index contributed by atoms with van der Waals surface area (Å²) in [5.41, 5.74) is 1.73. The maximum absolute atomic E-state index is 11.3. The molecule has 3 rings (SSSR count). The van der Waals surface area contributed by atoms with Gasteiger partial charge in [0.25, 0.3) is 0 Å². The maximum Gasteiger partial charge on any atom is 0.249 e. The van der Waals surface area contributed by atoms with E-state index in [1.807, 2.05) is 24.3 Å². The molecule has 2 aliphatic rings. The van der Waals surface area contributed by atoms with Gasteiger partial charge in [0.15, 0.2) is 10.1 Å². The van der Waals surface area contributed by atoms with Gasteiger partial charge in [0, 0.05) is 0 Å². The van der Waals surface area contributed by atoms with Crippen LogP contribution >= 0.6 is 11.9 Å². The van der Waals surface area contributed by atoms with Gasteiger partial charge in [-0.15, -0.1) is 0 Å². The number of hydrogen-bond acceptors (Lipinski definition) is 6. The Morgan fingerprint density at radius 1 is 1.31 bits per heavy atom. The Bertz CT molecular complexity index is 596. The lowest BCUT2D eigenvalue weighted by atomic mass is 10.3. The molecule has 0 aliphatic carbocycles. The first-order valence-electron chi connectivity index (χ1n) is 4.43. The zero-order valence-corrected chi connectivity index (χ0v) is 9.60. The highest BCUT2D eigenvalue weighted by molar-refractivity contribution is 8.17. The molecule has 0 fully saturated rings. The molecule has 2 heterocycles. The smallest absolute Gasteiger partial charge is 0.249 e. The summed E-state index contributed by atoms with van der Waals surface area (Å²) in [6, 6.07) is 7.51. The number of rotatable bonds is 1. The molecule has 84 valence electrons. The molecule has 4 N–H and O–H groups in total. The van der Waals surface area contributed by atoms with Gasteiger partial charge in [-0.25, -0.2) is 18.6 Å². The van der Waals surface area contributed by atoms with Crippen molar-refractivity contribution >= 4 is 33.3 Å². The Labute approximate surface area is 96.6 Å². The minimum absolute atomic E-state index is 0.101. The number of hydrazine groups is 1. The van der Waals surface area contributed by atoms with E-state index in [1.54, 1.807) is 5.01 Å². The second-order valence-electron chi connectivity index (χ2n) is 3.35. The first-order valence-corrected chi connectivity index (χ1v) is 6.79. The first kappa shape index (κ1) is 9.97. The zero-order chi connectivity index (χ0) is 11.3. The van der Waals surface area contributed by atoms with Gasteiger partial charge in [-0.1, -0.05) is 12.1 Å². The summed E-state index contributed by atoms with van der Waals surface area (Å²) in [6.07, 6.45) is 0. The molecule has 6 nitrogen and oxygen atoms in total. The van der Waals surface area contributed by atoms with Gasteiger partial charge < -0.3 is 5.32 Å². The zero-order valence-electron chi connectivity index (χ0n) is 7.97. The molecule has 0 atom stereocenters. The van der Waals surface area contributed by atoms with Crippen molar-refractivity contribution in [3.05, 3.63) is 34.3 Å². The Balaban J connectivity index is 2.16. The van der Waals surface area contributed by atoms with Crippen LogP contribution < -0.4 is 20.3 Å². The Morgan fingerprint density at radius 3 is 2.81 bits per heavy atom. The third kappa shape index (κ3) is 1.31. The largest absolute Gasteiger partial charge is 0.337 e. The lowest BCUT2D eigenvalue weighted by Crippen LogP contribution is -2.25. The van der Waals surface area contributed by atoms with E-state index < -0.39 is 10.0 Å². The molecule has 1 aromatic carbocycles. The van der Waals surface area contributed by atoms with Gasteiger partial charge in [-0.05, 0) is 24.1 Å². The molecule has 8 heteroatoms. The predicted molar refractivity (Wildman–Crippen MR) is 63.4 cm³/mol. The number of fused-ring (bicyclic) bond motifs is 3. The minimum atomic E-state index is -3.70. The van der Waals surface area contributed by atoms with Crippen molar-refractivity contribution in [1.29, 1.82) is 0 Å². The van der Waals surface area contributed by atoms with E-state index in [2.05, 4.69) is 10.1 Å². The summed E-state index contributed by atoms with van der Waals surface area (Å²) in [7, 11) is -3.70. The van der Waals surface area contributed by atoms with Crippen molar-refractivity contribution in [2.75, 3.05) is 10.3 Å². The number of nitrogens with one attached hydrogen (secondary N) is 2. The molecule has 0 saturated carbocycles. The van der Waals surface area contributed by atoms with Gasteiger partial charge in [-0.3, -0.25) is 0 Å². The van der Waals surface area contributed by atoms with Crippen LogP contribution in [-0.2, 0) is 10.0 Å². The van der Waals surface area contributed by atoms with Gasteiger partial charge in [-0.2, -0.15) is 4.83 Å². The Morgan fingerprint density at radius 2 is 2.06 bits per heavy atom. The molecule has 0 amide bonds.